The Kier molecular flexibility index (Phi) is 4.58. The van der Waals surface area contributed by atoms with E-state index in [0.29, 0.717) is 17.8 Å². The molecule has 1 spiro atoms. The van der Waals surface area contributed by atoms with Crippen molar-refractivity contribution in [2.45, 2.75) is 37.0 Å². The molecule has 0 unspecified atom stereocenters. The van der Waals surface area contributed by atoms with E-state index >= 15 is 0 Å². The van der Waals surface area contributed by atoms with Gasteiger partial charge < -0.3 is 18.9 Å². The van der Waals surface area contributed by atoms with E-state index in [9.17, 15) is 4.79 Å². The third-order valence-corrected chi connectivity index (χ3v) is 6.74. The Balaban J connectivity index is 1.23. The molecule has 3 aliphatic rings. The number of carbonyl (C=O) groups excluding carboxylic acids is 1. The summed E-state index contributed by atoms with van der Waals surface area (Å²) >= 11 is 1.96. The summed E-state index contributed by atoms with van der Waals surface area (Å²) in [6.45, 7) is 5.99. The van der Waals surface area contributed by atoms with Crippen molar-refractivity contribution < 1.29 is 18.8 Å². The maximum absolute atomic E-state index is 12.3. The van der Waals surface area contributed by atoms with Crippen LogP contribution in [0.1, 0.15) is 35.5 Å². The number of aryl methyl sites for hydroxylation is 1. The average molecular weight is 352 g/mol. The van der Waals surface area contributed by atoms with E-state index in [1.807, 2.05) is 23.6 Å². The summed E-state index contributed by atoms with van der Waals surface area (Å²) in [4.78, 5) is 14.2. The molecule has 0 N–H and O–H groups in total. The van der Waals surface area contributed by atoms with Crippen LogP contribution in [0.15, 0.2) is 10.6 Å². The molecule has 0 radical (unpaired) electrons. The van der Waals surface area contributed by atoms with Crippen LogP contribution in [0.4, 0.5) is 0 Å². The number of carbonyl (C=O) groups is 1. The largest absolute Gasteiger partial charge is 0.381 e. The second-order valence-corrected chi connectivity index (χ2v) is 8.69. The fraction of sp³-hybridized carbons (Fsp3) is 0.765. The van der Waals surface area contributed by atoms with Gasteiger partial charge in [0, 0.05) is 44.7 Å². The van der Waals surface area contributed by atoms with Gasteiger partial charge in [0.1, 0.15) is 0 Å². The first-order valence-corrected chi connectivity index (χ1v) is 9.68. The topological polar surface area (TPSA) is 64.8 Å². The van der Waals surface area contributed by atoms with Gasteiger partial charge >= 0.3 is 0 Å². The molecule has 24 heavy (non-hydrogen) atoms. The van der Waals surface area contributed by atoms with Gasteiger partial charge in [-0.1, -0.05) is 5.16 Å². The van der Waals surface area contributed by atoms with Crippen molar-refractivity contribution in [3.05, 3.63) is 17.5 Å². The van der Waals surface area contributed by atoms with Gasteiger partial charge in [-0.15, -0.1) is 11.8 Å². The van der Waals surface area contributed by atoms with Gasteiger partial charge in [0.15, 0.2) is 0 Å². The molecule has 1 aromatic rings. The van der Waals surface area contributed by atoms with E-state index in [1.54, 1.807) is 6.07 Å². The Morgan fingerprint density at radius 2 is 2.25 bits per heavy atom. The second-order valence-electron chi connectivity index (χ2n) is 7.20. The first-order chi connectivity index (χ1) is 11.6. The predicted octanol–water partition coefficient (Wildman–Crippen LogP) is 2.13. The number of likely N-dealkylation sites (tertiary alicyclic amines) is 1. The number of ether oxygens (including phenoxy) is 2. The minimum absolute atomic E-state index is 0.0478. The summed E-state index contributed by atoms with van der Waals surface area (Å²) in [5.41, 5.74) is 0.741. The molecule has 0 aliphatic carbocycles. The van der Waals surface area contributed by atoms with Crippen LogP contribution in [0, 0.1) is 12.8 Å². The van der Waals surface area contributed by atoms with Crippen LogP contribution in [0.25, 0.3) is 0 Å². The summed E-state index contributed by atoms with van der Waals surface area (Å²) < 4.78 is 16.8. The SMILES string of the molecule is Cc1cc(C(=O)N2CC3(C[C@H](OCC4CCOCC4)CS3)C2)on1. The summed E-state index contributed by atoms with van der Waals surface area (Å²) in [7, 11) is 0. The van der Waals surface area contributed by atoms with E-state index in [1.165, 1.54) is 0 Å². The highest BCUT2D eigenvalue weighted by Gasteiger charge is 2.51. The van der Waals surface area contributed by atoms with Crippen LogP contribution >= 0.6 is 11.8 Å². The first-order valence-electron chi connectivity index (χ1n) is 8.69. The van der Waals surface area contributed by atoms with Crippen molar-refractivity contribution in [1.82, 2.24) is 10.1 Å². The lowest BCUT2D eigenvalue weighted by atomic mass is 9.92. The molecule has 3 saturated heterocycles. The lowest BCUT2D eigenvalue weighted by Gasteiger charge is -2.47. The molecule has 1 amide bonds. The van der Waals surface area contributed by atoms with Crippen LogP contribution in [0.2, 0.25) is 0 Å². The smallest absolute Gasteiger partial charge is 0.292 e. The number of hydrogen-bond acceptors (Lipinski definition) is 6. The molecule has 0 saturated carbocycles. The Hall–Kier alpha value is -1.05. The first kappa shape index (κ1) is 16.4. The van der Waals surface area contributed by atoms with Gasteiger partial charge in [-0.05, 0) is 32.1 Å². The molecule has 4 rings (SSSR count). The van der Waals surface area contributed by atoms with Crippen molar-refractivity contribution in [3.63, 3.8) is 0 Å². The number of aromatic nitrogens is 1. The number of thioether (sulfide) groups is 1. The Morgan fingerprint density at radius 1 is 1.46 bits per heavy atom. The van der Waals surface area contributed by atoms with Gasteiger partial charge in [0.25, 0.3) is 5.91 Å². The monoisotopic (exact) mass is 352 g/mol. The fourth-order valence-corrected chi connectivity index (χ4v) is 5.28. The Labute approximate surface area is 146 Å². The highest BCUT2D eigenvalue weighted by Crippen LogP contribution is 2.46. The summed E-state index contributed by atoms with van der Waals surface area (Å²) in [6.07, 6.45) is 3.59. The average Bonchev–Trinajstić information content (AvgIpc) is 3.18. The summed E-state index contributed by atoms with van der Waals surface area (Å²) in [5, 5.41) is 3.79. The standard InChI is InChI=1S/C17H24N2O4S/c1-12-6-15(23-18-12)16(20)19-10-17(11-19)7-14(9-24-17)22-8-13-2-4-21-5-3-13/h6,13-14H,2-5,7-11H2,1H3/t14-/m0/s1. The number of rotatable bonds is 4. The van der Waals surface area contributed by atoms with Crippen LogP contribution < -0.4 is 0 Å². The summed E-state index contributed by atoms with van der Waals surface area (Å²) in [6, 6.07) is 1.70. The molecule has 6 nitrogen and oxygen atoms in total. The van der Waals surface area contributed by atoms with Crippen LogP contribution in [0.5, 0.6) is 0 Å². The molecule has 3 fully saturated rings. The maximum atomic E-state index is 12.3. The van der Waals surface area contributed by atoms with E-state index < -0.39 is 0 Å². The third-order valence-electron chi connectivity index (χ3n) is 5.17. The van der Waals surface area contributed by atoms with Crippen LogP contribution in [0.3, 0.4) is 0 Å². The lowest BCUT2D eigenvalue weighted by molar-refractivity contribution is -0.0121. The molecule has 132 valence electrons. The molecular formula is C17H24N2O4S. The van der Waals surface area contributed by atoms with Crippen LogP contribution in [-0.2, 0) is 9.47 Å². The highest BCUT2D eigenvalue weighted by atomic mass is 32.2. The zero-order chi connectivity index (χ0) is 16.6. The zero-order valence-electron chi connectivity index (χ0n) is 14.0. The highest BCUT2D eigenvalue weighted by molar-refractivity contribution is 8.01. The molecule has 0 bridgehead atoms. The van der Waals surface area contributed by atoms with Crippen LogP contribution in [-0.4, -0.2) is 65.5 Å². The van der Waals surface area contributed by atoms with Gasteiger partial charge in [0.05, 0.1) is 16.5 Å². The Morgan fingerprint density at radius 3 is 2.96 bits per heavy atom. The van der Waals surface area contributed by atoms with Gasteiger partial charge in [-0.3, -0.25) is 4.79 Å². The summed E-state index contributed by atoms with van der Waals surface area (Å²) in [5.74, 6) is 1.98. The van der Waals surface area contributed by atoms with Crippen molar-refractivity contribution in [3.8, 4) is 0 Å². The van der Waals surface area contributed by atoms with Crippen molar-refractivity contribution >= 4 is 17.7 Å². The number of nitrogens with zero attached hydrogens (tertiary/aromatic N) is 2. The van der Waals surface area contributed by atoms with Gasteiger partial charge in [-0.25, -0.2) is 0 Å². The zero-order valence-corrected chi connectivity index (χ0v) is 14.8. The Bertz CT molecular complexity index is 593. The molecular weight excluding hydrogens is 328 g/mol. The third kappa shape index (κ3) is 3.34. The van der Waals surface area contributed by atoms with E-state index in [4.69, 9.17) is 14.0 Å². The number of hydrogen-bond donors (Lipinski definition) is 0. The predicted molar refractivity (Wildman–Crippen MR) is 90.2 cm³/mol. The quantitative estimate of drug-likeness (QED) is 0.827. The number of amides is 1. The van der Waals surface area contributed by atoms with E-state index in [-0.39, 0.29) is 10.7 Å². The van der Waals surface area contributed by atoms with E-state index in [2.05, 4.69) is 5.16 Å². The van der Waals surface area contributed by atoms with E-state index in [0.717, 1.165) is 63.6 Å². The molecule has 1 aromatic heterocycles. The molecule has 1 atom stereocenters. The van der Waals surface area contributed by atoms with Gasteiger partial charge in [-0.2, -0.15) is 0 Å². The molecule has 3 aliphatic heterocycles. The second kappa shape index (κ2) is 6.69. The van der Waals surface area contributed by atoms with Crippen molar-refractivity contribution in [2.24, 2.45) is 5.92 Å². The molecule has 0 aromatic carbocycles. The molecule has 7 heteroatoms. The minimum atomic E-state index is -0.0478. The minimum Gasteiger partial charge on any atom is -0.381 e. The maximum Gasteiger partial charge on any atom is 0.292 e. The normalized spacial score (nSPS) is 26.7. The lowest BCUT2D eigenvalue weighted by Crippen LogP contribution is -2.60. The van der Waals surface area contributed by atoms with Gasteiger partial charge in [0.2, 0.25) is 5.76 Å². The fourth-order valence-electron chi connectivity index (χ4n) is 3.73. The van der Waals surface area contributed by atoms with Crippen molar-refractivity contribution in [1.29, 1.82) is 0 Å². The molecule has 4 heterocycles. The van der Waals surface area contributed by atoms with Crippen molar-refractivity contribution in [2.75, 3.05) is 38.7 Å².